The van der Waals surface area contributed by atoms with Gasteiger partial charge in [0, 0.05) is 44.3 Å². The zero-order valence-corrected chi connectivity index (χ0v) is 10.4. The zero-order valence-electron chi connectivity index (χ0n) is 10.4. The Bertz CT molecular complexity index is 443. The third-order valence-corrected chi connectivity index (χ3v) is 2.14. The summed E-state index contributed by atoms with van der Waals surface area (Å²) in [7, 11) is 3.78. The van der Waals surface area contributed by atoms with Gasteiger partial charge in [0.25, 0.3) is 5.69 Å². The molecule has 5 heteroatoms. The summed E-state index contributed by atoms with van der Waals surface area (Å²) in [5, 5.41) is 10.3. The quantitative estimate of drug-likeness (QED) is 0.603. The number of aromatic nitrogens is 1. The highest BCUT2D eigenvalue weighted by Gasteiger charge is 2.03. The van der Waals surface area contributed by atoms with E-state index >= 15 is 0 Å². The highest BCUT2D eigenvalue weighted by atomic mass is 16.6. The van der Waals surface area contributed by atoms with Gasteiger partial charge in [-0.3, -0.25) is 15.1 Å². The first-order valence-electron chi connectivity index (χ1n) is 5.38. The minimum atomic E-state index is -0.403. The second kappa shape index (κ2) is 7.01. The molecule has 0 saturated heterocycles. The van der Waals surface area contributed by atoms with E-state index in [2.05, 4.69) is 4.98 Å². The lowest BCUT2D eigenvalue weighted by Crippen LogP contribution is -2.08. The number of pyridine rings is 1. The molecule has 2 rings (SSSR count). The molecule has 1 aromatic carbocycles. The average Bonchev–Trinajstić information content (AvgIpc) is 2.41. The predicted molar refractivity (Wildman–Crippen MR) is 71.7 cm³/mol. The molecule has 0 aliphatic rings. The van der Waals surface area contributed by atoms with Gasteiger partial charge in [0.1, 0.15) is 0 Å². The molecule has 2 aromatic rings. The number of hydrogen-bond donors (Lipinski definition) is 0. The highest BCUT2D eigenvalue weighted by molar-refractivity contribution is 5.49. The molecule has 5 nitrogen and oxygen atoms in total. The van der Waals surface area contributed by atoms with Crippen LogP contribution in [0.3, 0.4) is 0 Å². The summed E-state index contributed by atoms with van der Waals surface area (Å²) in [5.74, 6) is 0. The lowest BCUT2D eigenvalue weighted by molar-refractivity contribution is -0.384. The first-order valence-corrected chi connectivity index (χ1v) is 5.38. The van der Waals surface area contributed by atoms with Crippen LogP contribution < -0.4 is 4.90 Å². The lowest BCUT2D eigenvalue weighted by atomic mass is 10.3. The summed E-state index contributed by atoms with van der Waals surface area (Å²) in [4.78, 5) is 15.5. The van der Waals surface area contributed by atoms with Crippen molar-refractivity contribution in [3.05, 3.63) is 65.0 Å². The van der Waals surface area contributed by atoms with Crippen LogP contribution in [0.1, 0.15) is 0 Å². The fraction of sp³-hybridized carbons (Fsp3) is 0.154. The SMILES string of the molecule is CN(C)c1ccc([N+](=O)[O-])cc1.c1ccncc1. The van der Waals surface area contributed by atoms with E-state index in [0.29, 0.717) is 0 Å². The number of hydrogen-bond acceptors (Lipinski definition) is 4. The van der Waals surface area contributed by atoms with E-state index in [9.17, 15) is 10.1 Å². The second-order valence-corrected chi connectivity index (χ2v) is 3.69. The molecule has 1 heterocycles. The van der Waals surface area contributed by atoms with E-state index in [0.717, 1.165) is 5.69 Å². The lowest BCUT2D eigenvalue weighted by Gasteiger charge is -2.10. The van der Waals surface area contributed by atoms with Crippen molar-refractivity contribution in [2.75, 3.05) is 19.0 Å². The molecule has 0 amide bonds. The van der Waals surface area contributed by atoms with Crippen LogP contribution in [0.25, 0.3) is 0 Å². The topological polar surface area (TPSA) is 59.3 Å². The number of anilines is 1. The van der Waals surface area contributed by atoms with Crippen LogP contribution in [0.5, 0.6) is 0 Å². The monoisotopic (exact) mass is 245 g/mol. The van der Waals surface area contributed by atoms with Crippen molar-refractivity contribution in [3.8, 4) is 0 Å². The van der Waals surface area contributed by atoms with Crippen LogP contribution in [0.2, 0.25) is 0 Å². The van der Waals surface area contributed by atoms with E-state index in [1.54, 1.807) is 24.5 Å². The number of rotatable bonds is 2. The van der Waals surface area contributed by atoms with Crippen LogP contribution in [-0.2, 0) is 0 Å². The number of nitro benzene ring substituents is 1. The molecule has 0 saturated carbocycles. The maximum absolute atomic E-state index is 10.3. The van der Waals surface area contributed by atoms with E-state index in [1.807, 2.05) is 37.2 Å². The van der Waals surface area contributed by atoms with Gasteiger partial charge in [-0.15, -0.1) is 0 Å². The van der Waals surface area contributed by atoms with Crippen LogP contribution in [0.4, 0.5) is 11.4 Å². The molecular weight excluding hydrogens is 230 g/mol. The van der Waals surface area contributed by atoms with Crippen molar-refractivity contribution in [2.24, 2.45) is 0 Å². The Morgan fingerprint density at radius 2 is 1.61 bits per heavy atom. The predicted octanol–water partition coefficient (Wildman–Crippen LogP) is 2.74. The number of non-ortho nitro benzene ring substituents is 1. The Kier molecular flexibility index (Phi) is 5.31. The summed E-state index contributed by atoms with van der Waals surface area (Å²) in [6, 6.07) is 12.1. The summed E-state index contributed by atoms with van der Waals surface area (Å²) in [5.41, 5.74) is 1.08. The van der Waals surface area contributed by atoms with Crippen molar-refractivity contribution in [2.45, 2.75) is 0 Å². The van der Waals surface area contributed by atoms with Crippen molar-refractivity contribution in [3.63, 3.8) is 0 Å². The van der Waals surface area contributed by atoms with Crippen molar-refractivity contribution >= 4 is 11.4 Å². The van der Waals surface area contributed by atoms with Gasteiger partial charge >= 0.3 is 0 Å². The van der Waals surface area contributed by atoms with Gasteiger partial charge < -0.3 is 4.90 Å². The van der Waals surface area contributed by atoms with Gasteiger partial charge in [0.2, 0.25) is 0 Å². The average molecular weight is 245 g/mol. The molecule has 0 atom stereocenters. The summed E-state index contributed by atoms with van der Waals surface area (Å²) < 4.78 is 0. The van der Waals surface area contributed by atoms with Crippen LogP contribution in [0, 0.1) is 10.1 Å². The van der Waals surface area contributed by atoms with E-state index < -0.39 is 4.92 Å². The minimum Gasteiger partial charge on any atom is -0.378 e. The normalized spacial score (nSPS) is 9.00. The van der Waals surface area contributed by atoms with Crippen LogP contribution in [0.15, 0.2) is 54.9 Å². The molecule has 0 radical (unpaired) electrons. The summed E-state index contributed by atoms with van der Waals surface area (Å²) in [6.07, 6.45) is 3.50. The molecule has 0 aliphatic carbocycles. The number of benzene rings is 1. The first kappa shape index (κ1) is 13.6. The highest BCUT2D eigenvalue weighted by Crippen LogP contribution is 2.16. The molecule has 94 valence electrons. The Morgan fingerprint density at radius 1 is 1.06 bits per heavy atom. The minimum absolute atomic E-state index is 0.126. The molecule has 0 spiro atoms. The molecule has 0 unspecified atom stereocenters. The fourth-order valence-corrected chi connectivity index (χ4v) is 1.19. The van der Waals surface area contributed by atoms with Crippen LogP contribution in [-0.4, -0.2) is 24.0 Å². The summed E-state index contributed by atoms with van der Waals surface area (Å²) >= 11 is 0. The van der Waals surface area contributed by atoms with Gasteiger partial charge in [0.15, 0.2) is 0 Å². The Morgan fingerprint density at radius 3 is 1.89 bits per heavy atom. The Balaban J connectivity index is 0.000000225. The second-order valence-electron chi connectivity index (χ2n) is 3.69. The van der Waals surface area contributed by atoms with E-state index in [1.165, 1.54) is 12.1 Å². The first-order chi connectivity index (χ1) is 8.61. The molecule has 0 bridgehead atoms. The van der Waals surface area contributed by atoms with E-state index in [-0.39, 0.29) is 5.69 Å². The molecule has 1 aromatic heterocycles. The maximum Gasteiger partial charge on any atom is 0.269 e. The largest absolute Gasteiger partial charge is 0.378 e. The van der Waals surface area contributed by atoms with E-state index in [4.69, 9.17) is 0 Å². The standard InChI is InChI=1S/C8H10N2O2.C5H5N/c1-9(2)7-3-5-8(6-4-7)10(11)12;1-2-4-6-5-3-1/h3-6H,1-2H3;1-5H. The number of nitro groups is 1. The molecule has 0 aliphatic heterocycles. The van der Waals surface area contributed by atoms with Gasteiger partial charge in [-0.2, -0.15) is 0 Å². The van der Waals surface area contributed by atoms with Gasteiger partial charge in [-0.25, -0.2) is 0 Å². The smallest absolute Gasteiger partial charge is 0.269 e. The van der Waals surface area contributed by atoms with Gasteiger partial charge in [0.05, 0.1) is 4.92 Å². The molecule has 0 fully saturated rings. The van der Waals surface area contributed by atoms with Crippen LogP contribution >= 0.6 is 0 Å². The van der Waals surface area contributed by atoms with Crippen molar-refractivity contribution in [1.29, 1.82) is 0 Å². The third-order valence-electron chi connectivity index (χ3n) is 2.14. The Hall–Kier alpha value is -2.43. The number of nitrogens with zero attached hydrogens (tertiary/aromatic N) is 3. The fourth-order valence-electron chi connectivity index (χ4n) is 1.19. The van der Waals surface area contributed by atoms with Gasteiger partial charge in [-0.1, -0.05) is 6.07 Å². The molecule has 0 N–H and O–H groups in total. The zero-order chi connectivity index (χ0) is 13.4. The third kappa shape index (κ3) is 4.61. The summed E-state index contributed by atoms with van der Waals surface area (Å²) in [6.45, 7) is 0. The Labute approximate surface area is 106 Å². The van der Waals surface area contributed by atoms with Crippen molar-refractivity contribution < 1.29 is 4.92 Å². The maximum atomic E-state index is 10.3. The molecular formula is C13H15N3O2. The molecule has 18 heavy (non-hydrogen) atoms. The van der Waals surface area contributed by atoms with Gasteiger partial charge in [-0.05, 0) is 24.3 Å². The van der Waals surface area contributed by atoms with Crippen molar-refractivity contribution in [1.82, 2.24) is 4.98 Å².